The van der Waals surface area contributed by atoms with E-state index in [4.69, 9.17) is 5.11 Å². The fraction of sp³-hybridized carbons (Fsp3) is 0.533. The molecule has 0 saturated heterocycles. The molecule has 1 unspecified atom stereocenters. The lowest BCUT2D eigenvalue weighted by molar-refractivity contribution is -0.146. The number of aliphatic carboxylic acids is 1. The minimum atomic E-state index is -1.06. The molecule has 1 atom stereocenters. The van der Waals surface area contributed by atoms with E-state index in [0.29, 0.717) is 4.88 Å². The normalized spacial score (nSPS) is 12.8. The molecule has 0 aliphatic heterocycles. The Bertz CT molecular complexity index is 538. The molecule has 0 aliphatic carbocycles. The summed E-state index contributed by atoms with van der Waals surface area (Å²) in [5, 5.41) is 16.1. The van der Waals surface area contributed by atoms with Crippen LogP contribution in [0.25, 0.3) is 0 Å². The van der Waals surface area contributed by atoms with Gasteiger partial charge in [-0.15, -0.1) is 11.3 Å². The predicted molar refractivity (Wildman–Crippen MR) is 84.8 cm³/mol. The molecule has 1 aromatic rings. The highest BCUT2D eigenvalue weighted by Gasteiger charge is 2.30. The average Bonchev–Trinajstić information content (AvgIpc) is 2.95. The number of carbonyl (C=O) groups is 3. The number of carboxylic acids is 1. The quantitative estimate of drug-likeness (QED) is 0.711. The van der Waals surface area contributed by atoms with Crippen molar-refractivity contribution in [2.45, 2.75) is 33.7 Å². The first-order valence-electron chi connectivity index (χ1n) is 7.00. The molecule has 2 amide bonds. The minimum absolute atomic E-state index is 0.000735. The van der Waals surface area contributed by atoms with Crippen molar-refractivity contribution in [3.8, 4) is 0 Å². The lowest BCUT2D eigenvalue weighted by atomic mass is 9.93. The van der Waals surface area contributed by atoms with E-state index in [2.05, 4.69) is 10.6 Å². The van der Waals surface area contributed by atoms with Gasteiger partial charge in [-0.1, -0.05) is 19.9 Å². The number of rotatable bonds is 7. The standard InChI is InChI=1S/C15H22N2O4S/c1-9(2)11(17-12(18)10-6-5-7-22-10)13(19)16-8-15(3,4)14(20)21/h5-7,9,11H,8H2,1-4H3,(H,16,19)(H,17,18)(H,20,21). The van der Waals surface area contributed by atoms with Crippen molar-refractivity contribution >= 4 is 29.1 Å². The molecule has 0 bridgehead atoms. The summed E-state index contributed by atoms with van der Waals surface area (Å²) >= 11 is 1.30. The van der Waals surface area contributed by atoms with Gasteiger partial charge >= 0.3 is 5.97 Å². The number of thiophene rings is 1. The number of carboxylic acid groups (broad SMARTS) is 1. The summed E-state index contributed by atoms with van der Waals surface area (Å²) < 4.78 is 0. The third kappa shape index (κ3) is 4.84. The molecular formula is C15H22N2O4S. The summed E-state index contributed by atoms with van der Waals surface area (Å²) in [6.45, 7) is 6.70. The molecule has 7 heteroatoms. The molecule has 0 aliphatic rings. The molecule has 0 aromatic carbocycles. The van der Waals surface area contributed by atoms with E-state index >= 15 is 0 Å². The Kier molecular flexibility index (Phi) is 6.11. The van der Waals surface area contributed by atoms with Crippen LogP contribution < -0.4 is 10.6 Å². The summed E-state index contributed by atoms with van der Waals surface area (Å²) in [6, 6.07) is 2.74. The van der Waals surface area contributed by atoms with Crippen LogP contribution >= 0.6 is 11.3 Å². The Morgan fingerprint density at radius 1 is 1.32 bits per heavy atom. The maximum absolute atomic E-state index is 12.2. The van der Waals surface area contributed by atoms with Crippen LogP contribution in [0.5, 0.6) is 0 Å². The molecule has 1 rings (SSSR count). The van der Waals surface area contributed by atoms with Gasteiger partial charge in [-0.05, 0) is 31.2 Å². The molecule has 122 valence electrons. The minimum Gasteiger partial charge on any atom is -0.481 e. The van der Waals surface area contributed by atoms with Crippen LogP contribution in [-0.2, 0) is 9.59 Å². The zero-order valence-electron chi connectivity index (χ0n) is 13.2. The first-order chi connectivity index (χ1) is 10.1. The summed E-state index contributed by atoms with van der Waals surface area (Å²) in [6.07, 6.45) is 0. The second-order valence-electron chi connectivity index (χ2n) is 6.08. The second-order valence-corrected chi connectivity index (χ2v) is 7.03. The van der Waals surface area contributed by atoms with E-state index in [1.807, 2.05) is 13.8 Å². The number of hydrogen-bond acceptors (Lipinski definition) is 4. The smallest absolute Gasteiger partial charge is 0.310 e. The Balaban J connectivity index is 2.69. The Morgan fingerprint density at radius 2 is 1.95 bits per heavy atom. The third-order valence-electron chi connectivity index (χ3n) is 3.26. The lowest BCUT2D eigenvalue weighted by Gasteiger charge is -2.24. The van der Waals surface area contributed by atoms with Crippen LogP contribution in [0.2, 0.25) is 0 Å². The first kappa shape index (κ1) is 18.2. The topological polar surface area (TPSA) is 95.5 Å². The van der Waals surface area contributed by atoms with Crippen molar-refractivity contribution < 1.29 is 19.5 Å². The van der Waals surface area contributed by atoms with Crippen LogP contribution in [0.1, 0.15) is 37.4 Å². The number of hydrogen-bond donors (Lipinski definition) is 3. The molecule has 0 spiro atoms. The van der Waals surface area contributed by atoms with Crippen molar-refractivity contribution in [1.29, 1.82) is 0 Å². The van der Waals surface area contributed by atoms with E-state index in [-0.39, 0.29) is 24.3 Å². The number of amides is 2. The Labute approximate surface area is 133 Å². The lowest BCUT2D eigenvalue weighted by Crippen LogP contribution is -2.51. The largest absolute Gasteiger partial charge is 0.481 e. The van der Waals surface area contributed by atoms with E-state index < -0.39 is 17.4 Å². The van der Waals surface area contributed by atoms with Crippen LogP contribution in [-0.4, -0.2) is 35.5 Å². The van der Waals surface area contributed by atoms with Crippen LogP contribution in [0, 0.1) is 11.3 Å². The number of nitrogens with one attached hydrogen (secondary N) is 2. The highest BCUT2D eigenvalue weighted by Crippen LogP contribution is 2.14. The maximum atomic E-state index is 12.2. The van der Waals surface area contributed by atoms with Gasteiger partial charge in [0.05, 0.1) is 10.3 Å². The summed E-state index contributed by atoms with van der Waals surface area (Å²) in [7, 11) is 0. The van der Waals surface area contributed by atoms with Crippen molar-refractivity contribution in [2.75, 3.05) is 6.54 Å². The molecule has 1 aromatic heterocycles. The third-order valence-corrected chi connectivity index (χ3v) is 4.13. The van der Waals surface area contributed by atoms with Gasteiger partial charge in [0.2, 0.25) is 5.91 Å². The highest BCUT2D eigenvalue weighted by molar-refractivity contribution is 7.12. The average molecular weight is 326 g/mol. The van der Waals surface area contributed by atoms with Gasteiger partial charge in [-0.25, -0.2) is 0 Å². The predicted octanol–water partition coefficient (Wildman–Crippen LogP) is 1.73. The van der Waals surface area contributed by atoms with Gasteiger partial charge in [-0.2, -0.15) is 0 Å². The van der Waals surface area contributed by atoms with Crippen LogP contribution in [0.15, 0.2) is 17.5 Å². The van der Waals surface area contributed by atoms with Crippen LogP contribution in [0.4, 0.5) is 0 Å². The molecule has 0 saturated carbocycles. The van der Waals surface area contributed by atoms with Gasteiger partial charge in [0.15, 0.2) is 0 Å². The van der Waals surface area contributed by atoms with E-state index in [9.17, 15) is 14.4 Å². The van der Waals surface area contributed by atoms with Gasteiger partial charge in [0.1, 0.15) is 6.04 Å². The monoisotopic (exact) mass is 326 g/mol. The Morgan fingerprint density at radius 3 is 2.41 bits per heavy atom. The zero-order chi connectivity index (χ0) is 16.9. The molecule has 0 radical (unpaired) electrons. The van der Waals surface area contributed by atoms with Crippen molar-refractivity contribution in [3.05, 3.63) is 22.4 Å². The fourth-order valence-corrected chi connectivity index (χ4v) is 2.28. The highest BCUT2D eigenvalue weighted by atomic mass is 32.1. The van der Waals surface area contributed by atoms with Gasteiger partial charge in [0.25, 0.3) is 5.91 Å². The summed E-state index contributed by atoms with van der Waals surface area (Å²) in [5.41, 5.74) is -1.06. The van der Waals surface area contributed by atoms with Crippen molar-refractivity contribution in [3.63, 3.8) is 0 Å². The molecule has 3 N–H and O–H groups in total. The van der Waals surface area contributed by atoms with Gasteiger partial charge in [-0.3, -0.25) is 14.4 Å². The molecular weight excluding hydrogens is 304 g/mol. The van der Waals surface area contributed by atoms with E-state index in [1.165, 1.54) is 25.2 Å². The maximum Gasteiger partial charge on any atom is 0.310 e. The van der Waals surface area contributed by atoms with E-state index in [1.54, 1.807) is 17.5 Å². The number of carbonyl (C=O) groups excluding carboxylic acids is 2. The fourth-order valence-electron chi connectivity index (χ4n) is 1.65. The molecule has 6 nitrogen and oxygen atoms in total. The molecule has 22 heavy (non-hydrogen) atoms. The molecule has 0 fully saturated rings. The van der Waals surface area contributed by atoms with Crippen molar-refractivity contribution in [1.82, 2.24) is 10.6 Å². The second kappa shape index (κ2) is 7.40. The van der Waals surface area contributed by atoms with Crippen molar-refractivity contribution in [2.24, 2.45) is 11.3 Å². The van der Waals surface area contributed by atoms with Crippen LogP contribution in [0.3, 0.4) is 0 Å². The summed E-state index contributed by atoms with van der Waals surface area (Å²) in [5.74, 6) is -1.79. The SMILES string of the molecule is CC(C)C(NC(=O)c1cccs1)C(=O)NCC(C)(C)C(=O)O. The molecule has 1 heterocycles. The van der Waals surface area contributed by atoms with Gasteiger partial charge in [0, 0.05) is 6.54 Å². The summed E-state index contributed by atoms with van der Waals surface area (Å²) in [4.78, 5) is 35.9. The zero-order valence-corrected chi connectivity index (χ0v) is 14.0. The van der Waals surface area contributed by atoms with Gasteiger partial charge < -0.3 is 15.7 Å². The first-order valence-corrected chi connectivity index (χ1v) is 7.88. The van der Waals surface area contributed by atoms with E-state index in [0.717, 1.165) is 0 Å². The Hall–Kier alpha value is -1.89.